The van der Waals surface area contributed by atoms with Crippen LogP contribution in [0.1, 0.15) is 21.5 Å². The molecule has 0 unspecified atom stereocenters. The second-order valence-corrected chi connectivity index (χ2v) is 10.8. The second kappa shape index (κ2) is 12.1. The zero-order valence-corrected chi connectivity index (χ0v) is 22.5. The molecule has 1 aromatic heterocycles. The highest BCUT2D eigenvalue weighted by atomic mass is 35.5. The molecule has 5 rings (SSSR count). The number of non-ortho nitro benzene ring substituents is 1. The summed E-state index contributed by atoms with van der Waals surface area (Å²) >= 11 is 9.11. The van der Waals surface area contributed by atoms with Crippen molar-refractivity contribution in [3.63, 3.8) is 0 Å². The first-order valence-corrected chi connectivity index (χ1v) is 13.6. The summed E-state index contributed by atoms with van der Waals surface area (Å²) in [5.74, 6) is -0.126. The van der Waals surface area contributed by atoms with Gasteiger partial charge in [-0.15, -0.1) is 11.3 Å². The number of nitro groups is 1. The quantitative estimate of drug-likeness (QED) is 0.112. The van der Waals surface area contributed by atoms with Gasteiger partial charge in [0.15, 0.2) is 4.34 Å². The molecule has 39 heavy (non-hydrogen) atoms. The molecule has 0 aliphatic heterocycles. The van der Waals surface area contributed by atoms with Crippen molar-refractivity contribution in [3.05, 3.63) is 123 Å². The average molecular weight is 575 g/mol. The van der Waals surface area contributed by atoms with E-state index in [4.69, 9.17) is 16.3 Å². The number of aromatic nitrogens is 1. The number of nitrogens with zero attached hydrogens (tertiary/aromatic N) is 3. The molecule has 11 heteroatoms. The van der Waals surface area contributed by atoms with Gasteiger partial charge in [-0.25, -0.2) is 10.4 Å². The highest BCUT2D eigenvalue weighted by molar-refractivity contribution is 8.01. The van der Waals surface area contributed by atoms with Gasteiger partial charge in [-0.1, -0.05) is 65.8 Å². The van der Waals surface area contributed by atoms with E-state index in [-0.39, 0.29) is 17.9 Å². The van der Waals surface area contributed by atoms with Crippen LogP contribution in [0.3, 0.4) is 0 Å². The number of hydrogen-bond acceptors (Lipinski definition) is 8. The number of rotatable bonds is 9. The van der Waals surface area contributed by atoms with E-state index in [1.165, 1.54) is 41.4 Å². The molecular weight excluding hydrogens is 556 g/mol. The molecule has 0 spiro atoms. The fourth-order valence-electron chi connectivity index (χ4n) is 3.60. The van der Waals surface area contributed by atoms with E-state index in [1.54, 1.807) is 36.4 Å². The number of nitrogens with one attached hydrogen (secondary N) is 1. The monoisotopic (exact) mass is 574 g/mol. The largest absolute Gasteiger partial charge is 0.488 e. The number of hydrazone groups is 1. The minimum absolute atomic E-state index is 0.0882. The summed E-state index contributed by atoms with van der Waals surface area (Å²) in [6, 6.07) is 26.3. The third-order valence-corrected chi connectivity index (χ3v) is 8.08. The molecule has 0 aliphatic carbocycles. The highest BCUT2D eigenvalue weighted by Gasteiger charge is 2.15. The number of para-hydroxylation sites is 2. The lowest BCUT2D eigenvalue weighted by atomic mass is 10.2. The second-order valence-electron chi connectivity index (χ2n) is 8.10. The third-order valence-electron chi connectivity index (χ3n) is 5.52. The molecule has 4 aromatic carbocycles. The van der Waals surface area contributed by atoms with Crippen LogP contribution in [0.2, 0.25) is 5.02 Å². The minimum atomic E-state index is -0.494. The van der Waals surface area contributed by atoms with Crippen molar-refractivity contribution in [1.82, 2.24) is 10.4 Å². The van der Waals surface area contributed by atoms with E-state index in [2.05, 4.69) is 15.5 Å². The Morgan fingerprint density at radius 2 is 1.85 bits per heavy atom. The number of ether oxygens (including phenoxy) is 1. The number of nitro benzene ring substituents is 1. The van der Waals surface area contributed by atoms with Gasteiger partial charge in [-0.3, -0.25) is 14.9 Å². The van der Waals surface area contributed by atoms with Crippen molar-refractivity contribution in [2.45, 2.75) is 15.8 Å². The van der Waals surface area contributed by atoms with Gasteiger partial charge in [0.2, 0.25) is 0 Å². The Bertz CT molecular complexity index is 1670. The predicted molar refractivity (Wildman–Crippen MR) is 154 cm³/mol. The van der Waals surface area contributed by atoms with Crippen LogP contribution in [-0.4, -0.2) is 22.0 Å². The standard InChI is InChI=1S/C28H19ClN4O4S2/c29-22-9-3-1-7-18(22)17-37-24-11-5-2-8-21(24)27(34)32-30-16-19-15-20(33(35)36)13-14-25(19)38-28-31-23-10-4-6-12-26(23)39-28/h1-16H,17H2,(H,32,34)/b30-16+. The fourth-order valence-corrected chi connectivity index (χ4v) is 5.89. The van der Waals surface area contributed by atoms with E-state index >= 15 is 0 Å². The highest BCUT2D eigenvalue weighted by Crippen LogP contribution is 2.36. The summed E-state index contributed by atoms with van der Waals surface area (Å²) in [4.78, 5) is 29.2. The zero-order chi connectivity index (χ0) is 27.2. The van der Waals surface area contributed by atoms with Crippen LogP contribution in [0.15, 0.2) is 105 Å². The van der Waals surface area contributed by atoms with Gasteiger partial charge in [-0.2, -0.15) is 5.10 Å². The molecule has 1 N–H and O–H groups in total. The molecule has 1 amide bonds. The number of thiazole rings is 1. The Morgan fingerprint density at radius 3 is 2.67 bits per heavy atom. The minimum Gasteiger partial charge on any atom is -0.488 e. The van der Waals surface area contributed by atoms with Gasteiger partial charge >= 0.3 is 0 Å². The van der Waals surface area contributed by atoms with E-state index in [1.807, 2.05) is 42.5 Å². The van der Waals surface area contributed by atoms with Crippen LogP contribution in [0.4, 0.5) is 5.69 Å². The smallest absolute Gasteiger partial charge is 0.275 e. The lowest BCUT2D eigenvalue weighted by molar-refractivity contribution is -0.384. The molecule has 8 nitrogen and oxygen atoms in total. The number of benzene rings is 4. The SMILES string of the molecule is O=C(N/N=C/c1cc([N+](=O)[O-])ccc1Sc1nc2ccccc2s1)c1ccccc1OCc1ccccc1Cl. The molecule has 194 valence electrons. The Labute approximate surface area is 236 Å². The van der Waals surface area contributed by atoms with Crippen molar-refractivity contribution in [1.29, 1.82) is 0 Å². The number of hydrogen-bond donors (Lipinski definition) is 1. The first-order valence-electron chi connectivity index (χ1n) is 11.6. The summed E-state index contributed by atoms with van der Waals surface area (Å²) in [5, 5.41) is 16.0. The molecule has 5 aromatic rings. The van der Waals surface area contributed by atoms with E-state index in [9.17, 15) is 14.9 Å². The summed E-state index contributed by atoms with van der Waals surface area (Å²) in [5.41, 5.74) is 4.82. The summed E-state index contributed by atoms with van der Waals surface area (Å²) in [6.07, 6.45) is 1.38. The average Bonchev–Trinajstić information content (AvgIpc) is 3.36. The number of halogens is 1. The Hall–Kier alpha value is -4.25. The molecule has 0 fully saturated rings. The van der Waals surface area contributed by atoms with Crippen LogP contribution >= 0.6 is 34.7 Å². The molecular formula is C28H19ClN4O4S2. The van der Waals surface area contributed by atoms with Crippen molar-refractivity contribution < 1.29 is 14.5 Å². The maximum Gasteiger partial charge on any atom is 0.275 e. The van der Waals surface area contributed by atoms with Crippen molar-refractivity contribution in [3.8, 4) is 5.75 Å². The normalized spacial score (nSPS) is 11.1. The van der Waals surface area contributed by atoms with Crippen molar-refractivity contribution >= 4 is 62.7 Å². The lowest BCUT2D eigenvalue weighted by Gasteiger charge is -2.11. The van der Waals surface area contributed by atoms with E-state index in [0.717, 1.165) is 20.1 Å². The van der Waals surface area contributed by atoms with E-state index in [0.29, 0.717) is 21.2 Å². The molecule has 1 heterocycles. The first kappa shape index (κ1) is 26.4. The van der Waals surface area contributed by atoms with Gasteiger partial charge in [0.1, 0.15) is 12.4 Å². The van der Waals surface area contributed by atoms with Crippen molar-refractivity contribution in [2.24, 2.45) is 5.10 Å². The summed E-state index contributed by atoms with van der Waals surface area (Å²) in [6.45, 7) is 0.188. The molecule has 0 aliphatic rings. The topological polar surface area (TPSA) is 107 Å². The van der Waals surface area contributed by atoms with Crippen LogP contribution in [0, 0.1) is 10.1 Å². The molecule has 0 saturated heterocycles. The lowest BCUT2D eigenvalue weighted by Crippen LogP contribution is -2.18. The van der Waals surface area contributed by atoms with Crippen LogP contribution in [0.25, 0.3) is 10.2 Å². The fraction of sp³-hybridized carbons (Fsp3) is 0.0357. The molecule has 0 bridgehead atoms. The predicted octanol–water partition coefficient (Wildman–Crippen LogP) is 7.35. The molecule has 0 radical (unpaired) electrons. The maximum atomic E-state index is 12.9. The Morgan fingerprint density at radius 1 is 1.08 bits per heavy atom. The van der Waals surface area contributed by atoms with E-state index < -0.39 is 10.8 Å². The van der Waals surface area contributed by atoms with Crippen molar-refractivity contribution in [2.75, 3.05) is 0 Å². The molecule has 0 atom stereocenters. The van der Waals surface area contributed by atoms with Crippen LogP contribution < -0.4 is 10.2 Å². The molecule has 0 saturated carbocycles. The van der Waals surface area contributed by atoms with Gasteiger partial charge in [0, 0.05) is 33.2 Å². The van der Waals surface area contributed by atoms with Gasteiger partial charge in [0.05, 0.1) is 26.9 Å². The Balaban J connectivity index is 1.33. The van der Waals surface area contributed by atoms with Crippen LogP contribution in [0.5, 0.6) is 5.75 Å². The van der Waals surface area contributed by atoms with Crippen LogP contribution in [-0.2, 0) is 6.61 Å². The van der Waals surface area contributed by atoms with Gasteiger partial charge in [-0.05, 0) is 36.4 Å². The third kappa shape index (κ3) is 6.43. The summed E-state index contributed by atoms with van der Waals surface area (Å²) in [7, 11) is 0. The summed E-state index contributed by atoms with van der Waals surface area (Å²) < 4.78 is 7.69. The maximum absolute atomic E-state index is 12.9. The number of carbonyl (C=O) groups excluding carboxylic acids is 1. The van der Waals surface area contributed by atoms with Gasteiger partial charge in [0.25, 0.3) is 11.6 Å². The number of fused-ring (bicyclic) bond motifs is 1. The number of amides is 1. The van der Waals surface area contributed by atoms with Gasteiger partial charge < -0.3 is 4.74 Å². The zero-order valence-electron chi connectivity index (χ0n) is 20.1. The first-order chi connectivity index (χ1) is 19.0. The Kier molecular flexibility index (Phi) is 8.16. The number of carbonyl (C=O) groups is 1.